The normalized spacial score (nSPS) is 12.5. The van der Waals surface area contributed by atoms with Crippen LogP contribution in [0.4, 0.5) is 0 Å². The van der Waals surface area contributed by atoms with Gasteiger partial charge in [0.1, 0.15) is 0 Å². The summed E-state index contributed by atoms with van der Waals surface area (Å²) >= 11 is 6.27. The molecule has 0 aliphatic carbocycles. The van der Waals surface area contributed by atoms with Gasteiger partial charge in [0.15, 0.2) is 0 Å². The van der Waals surface area contributed by atoms with E-state index in [4.69, 9.17) is 0 Å². The van der Waals surface area contributed by atoms with Crippen LogP contribution in [0.25, 0.3) is 0 Å². The van der Waals surface area contributed by atoms with E-state index in [2.05, 4.69) is 95.7 Å². The second kappa shape index (κ2) is 5.74. The number of aryl methyl sites for hydroxylation is 3. The Bertz CT molecular complexity index is 552. The zero-order chi connectivity index (χ0) is 13.3. The SMILES string of the molecule is Cc1cc(C)c(C(Br)c2ccccc2I)c(C)c1. The minimum Gasteiger partial charge on any atom is -0.0786 e. The highest BCUT2D eigenvalue weighted by Crippen LogP contribution is 2.37. The van der Waals surface area contributed by atoms with Crippen LogP contribution in [0.5, 0.6) is 0 Å². The fourth-order valence-electron chi connectivity index (χ4n) is 2.43. The monoisotopic (exact) mass is 414 g/mol. The summed E-state index contributed by atoms with van der Waals surface area (Å²) in [5.74, 6) is 0. The lowest BCUT2D eigenvalue weighted by Crippen LogP contribution is -2.01. The Balaban J connectivity index is 2.53. The van der Waals surface area contributed by atoms with Crippen molar-refractivity contribution in [3.8, 4) is 0 Å². The predicted molar refractivity (Wildman–Crippen MR) is 90.6 cm³/mol. The lowest BCUT2D eigenvalue weighted by Gasteiger charge is -2.18. The minimum atomic E-state index is 0.270. The van der Waals surface area contributed by atoms with Crippen molar-refractivity contribution in [1.29, 1.82) is 0 Å². The summed E-state index contributed by atoms with van der Waals surface area (Å²) in [4.78, 5) is 0.270. The lowest BCUT2D eigenvalue weighted by molar-refractivity contribution is 1.09. The molecule has 0 amide bonds. The van der Waals surface area contributed by atoms with E-state index in [1.807, 2.05) is 0 Å². The summed E-state index contributed by atoms with van der Waals surface area (Å²) in [6.45, 7) is 6.54. The van der Waals surface area contributed by atoms with Crippen molar-refractivity contribution in [2.24, 2.45) is 0 Å². The van der Waals surface area contributed by atoms with Crippen molar-refractivity contribution < 1.29 is 0 Å². The predicted octanol–water partition coefficient (Wildman–Crippen LogP) is 5.70. The van der Waals surface area contributed by atoms with Crippen LogP contribution in [0.15, 0.2) is 36.4 Å². The molecule has 0 aliphatic rings. The minimum absolute atomic E-state index is 0.270. The maximum absolute atomic E-state index is 3.87. The molecule has 0 bridgehead atoms. The molecular formula is C16H16BrI. The summed E-state index contributed by atoms with van der Waals surface area (Å²) in [6.07, 6.45) is 0. The first-order valence-electron chi connectivity index (χ1n) is 5.97. The highest BCUT2D eigenvalue weighted by molar-refractivity contribution is 14.1. The van der Waals surface area contributed by atoms with Crippen LogP contribution in [0.1, 0.15) is 32.6 Å². The van der Waals surface area contributed by atoms with E-state index in [0.717, 1.165) is 0 Å². The molecule has 0 nitrogen and oxygen atoms in total. The van der Waals surface area contributed by atoms with Crippen LogP contribution < -0.4 is 0 Å². The Labute approximate surface area is 131 Å². The molecule has 1 unspecified atom stereocenters. The number of benzene rings is 2. The molecule has 0 spiro atoms. The molecular weight excluding hydrogens is 399 g/mol. The summed E-state index contributed by atoms with van der Waals surface area (Å²) in [6, 6.07) is 13.0. The van der Waals surface area contributed by atoms with E-state index in [1.54, 1.807) is 0 Å². The second-order valence-corrected chi connectivity index (χ2v) is 6.77. The first-order chi connectivity index (χ1) is 8.50. The van der Waals surface area contributed by atoms with Gasteiger partial charge in [0.05, 0.1) is 4.83 Å². The van der Waals surface area contributed by atoms with Gasteiger partial charge in [0.25, 0.3) is 0 Å². The maximum atomic E-state index is 3.87. The molecule has 2 heteroatoms. The summed E-state index contributed by atoms with van der Waals surface area (Å²) in [5.41, 5.74) is 6.78. The van der Waals surface area contributed by atoms with Gasteiger partial charge in [-0.1, -0.05) is 51.8 Å². The maximum Gasteiger partial charge on any atom is 0.0660 e. The third-order valence-electron chi connectivity index (χ3n) is 3.17. The van der Waals surface area contributed by atoms with Gasteiger partial charge in [0, 0.05) is 3.57 Å². The van der Waals surface area contributed by atoms with Crippen molar-refractivity contribution in [2.45, 2.75) is 25.6 Å². The van der Waals surface area contributed by atoms with E-state index in [1.165, 1.54) is 31.4 Å². The summed E-state index contributed by atoms with van der Waals surface area (Å²) in [5, 5.41) is 0. The molecule has 0 heterocycles. The number of hydrogen-bond acceptors (Lipinski definition) is 0. The molecule has 18 heavy (non-hydrogen) atoms. The van der Waals surface area contributed by atoms with Crippen LogP contribution >= 0.6 is 38.5 Å². The Morgan fingerprint density at radius 3 is 2.11 bits per heavy atom. The third-order valence-corrected chi connectivity index (χ3v) is 5.10. The van der Waals surface area contributed by atoms with E-state index in [0.29, 0.717) is 0 Å². The topological polar surface area (TPSA) is 0 Å². The Hall–Kier alpha value is -0.350. The van der Waals surface area contributed by atoms with Crippen molar-refractivity contribution in [3.05, 3.63) is 67.8 Å². The van der Waals surface area contributed by atoms with Crippen molar-refractivity contribution in [3.63, 3.8) is 0 Å². The van der Waals surface area contributed by atoms with Gasteiger partial charge in [-0.15, -0.1) is 0 Å². The van der Waals surface area contributed by atoms with Crippen LogP contribution in [-0.4, -0.2) is 0 Å². The van der Waals surface area contributed by atoms with Crippen LogP contribution in [-0.2, 0) is 0 Å². The average molecular weight is 415 g/mol. The number of alkyl halides is 1. The molecule has 2 rings (SSSR count). The Morgan fingerprint density at radius 2 is 1.56 bits per heavy atom. The van der Waals surface area contributed by atoms with E-state index >= 15 is 0 Å². The number of halogens is 2. The molecule has 2 aromatic carbocycles. The number of rotatable bonds is 2. The quantitative estimate of drug-likeness (QED) is 0.436. The zero-order valence-electron chi connectivity index (χ0n) is 10.8. The first kappa shape index (κ1) is 14.1. The summed E-state index contributed by atoms with van der Waals surface area (Å²) in [7, 11) is 0. The van der Waals surface area contributed by atoms with Crippen LogP contribution in [0.2, 0.25) is 0 Å². The molecule has 0 saturated heterocycles. The van der Waals surface area contributed by atoms with Gasteiger partial charge in [-0.2, -0.15) is 0 Å². The molecule has 0 aliphatic heterocycles. The highest BCUT2D eigenvalue weighted by atomic mass is 127. The van der Waals surface area contributed by atoms with Crippen molar-refractivity contribution >= 4 is 38.5 Å². The largest absolute Gasteiger partial charge is 0.0786 e. The van der Waals surface area contributed by atoms with Gasteiger partial charge in [-0.25, -0.2) is 0 Å². The lowest BCUT2D eigenvalue weighted by atomic mass is 9.94. The fraction of sp³-hybridized carbons (Fsp3) is 0.250. The van der Waals surface area contributed by atoms with Crippen molar-refractivity contribution in [1.82, 2.24) is 0 Å². The molecule has 0 N–H and O–H groups in total. The molecule has 0 aromatic heterocycles. The van der Waals surface area contributed by atoms with Crippen LogP contribution in [0.3, 0.4) is 0 Å². The molecule has 0 fully saturated rings. The molecule has 0 radical (unpaired) electrons. The molecule has 0 saturated carbocycles. The Kier molecular flexibility index (Phi) is 4.49. The molecule has 2 aromatic rings. The van der Waals surface area contributed by atoms with Gasteiger partial charge < -0.3 is 0 Å². The van der Waals surface area contributed by atoms with Gasteiger partial charge in [0.2, 0.25) is 0 Å². The van der Waals surface area contributed by atoms with Gasteiger partial charge >= 0.3 is 0 Å². The van der Waals surface area contributed by atoms with Gasteiger partial charge in [-0.3, -0.25) is 0 Å². The standard InChI is InChI=1S/C16H16BrI/c1-10-8-11(2)15(12(3)9-10)16(17)13-6-4-5-7-14(13)18/h4-9,16H,1-3H3. The number of hydrogen-bond donors (Lipinski definition) is 0. The average Bonchev–Trinajstić information content (AvgIpc) is 2.27. The fourth-order valence-corrected chi connectivity index (χ4v) is 4.68. The smallest absolute Gasteiger partial charge is 0.0660 e. The van der Waals surface area contributed by atoms with Gasteiger partial charge in [-0.05, 0) is 71.7 Å². The molecule has 1 atom stereocenters. The Morgan fingerprint density at radius 1 is 1.00 bits per heavy atom. The van der Waals surface area contributed by atoms with E-state index < -0.39 is 0 Å². The molecule has 94 valence electrons. The third kappa shape index (κ3) is 2.80. The van der Waals surface area contributed by atoms with Crippen LogP contribution in [0, 0.1) is 24.3 Å². The van der Waals surface area contributed by atoms with Crippen molar-refractivity contribution in [2.75, 3.05) is 0 Å². The highest BCUT2D eigenvalue weighted by Gasteiger charge is 2.17. The van der Waals surface area contributed by atoms with E-state index in [-0.39, 0.29) is 4.83 Å². The van der Waals surface area contributed by atoms with E-state index in [9.17, 15) is 0 Å². The first-order valence-corrected chi connectivity index (χ1v) is 7.96. The second-order valence-electron chi connectivity index (χ2n) is 4.70. The zero-order valence-corrected chi connectivity index (χ0v) is 14.5. The summed E-state index contributed by atoms with van der Waals surface area (Å²) < 4.78 is 1.30.